The third-order valence-electron chi connectivity index (χ3n) is 4.77. The molecule has 1 aromatic carbocycles. The lowest BCUT2D eigenvalue weighted by Gasteiger charge is -2.35. The molecule has 146 valence electrons. The first-order chi connectivity index (χ1) is 13.8. The molecule has 1 aliphatic heterocycles. The molecule has 1 fully saturated rings. The molecule has 0 spiro atoms. The SMILES string of the molecule is NC(=NCc1csc(CCc2ccccc2)n1)N1CCN(c2nccs2)CC1. The summed E-state index contributed by atoms with van der Waals surface area (Å²) in [6, 6.07) is 10.5. The minimum atomic E-state index is 0.542. The van der Waals surface area contributed by atoms with Gasteiger partial charge < -0.3 is 15.5 Å². The molecule has 3 aromatic rings. The number of rotatable bonds is 6. The van der Waals surface area contributed by atoms with Crippen LogP contribution in [0.3, 0.4) is 0 Å². The highest BCUT2D eigenvalue weighted by molar-refractivity contribution is 7.13. The lowest BCUT2D eigenvalue weighted by molar-refractivity contribution is 0.380. The Kier molecular flexibility index (Phi) is 6.18. The molecule has 0 radical (unpaired) electrons. The van der Waals surface area contributed by atoms with Gasteiger partial charge in [0.1, 0.15) is 0 Å². The van der Waals surface area contributed by atoms with E-state index in [0.717, 1.165) is 54.9 Å². The summed E-state index contributed by atoms with van der Waals surface area (Å²) in [6.07, 6.45) is 3.83. The maximum absolute atomic E-state index is 6.22. The molecule has 1 aliphatic rings. The van der Waals surface area contributed by atoms with E-state index in [9.17, 15) is 0 Å². The maximum Gasteiger partial charge on any atom is 0.191 e. The molecule has 0 saturated carbocycles. The predicted octanol–water partition coefficient (Wildman–Crippen LogP) is 3.02. The van der Waals surface area contributed by atoms with Gasteiger partial charge >= 0.3 is 0 Å². The van der Waals surface area contributed by atoms with Crippen molar-refractivity contribution in [2.75, 3.05) is 31.1 Å². The normalized spacial score (nSPS) is 15.2. The van der Waals surface area contributed by atoms with E-state index in [4.69, 9.17) is 10.7 Å². The molecule has 4 rings (SSSR count). The number of anilines is 1. The highest BCUT2D eigenvalue weighted by Gasteiger charge is 2.19. The average molecular weight is 413 g/mol. The fraction of sp³-hybridized carbons (Fsp3) is 0.350. The molecule has 0 amide bonds. The number of nitrogens with two attached hydrogens (primary N) is 1. The molecule has 28 heavy (non-hydrogen) atoms. The van der Waals surface area contributed by atoms with Gasteiger partial charge in [-0.2, -0.15) is 0 Å². The zero-order chi connectivity index (χ0) is 19.2. The van der Waals surface area contributed by atoms with E-state index in [0.29, 0.717) is 12.5 Å². The van der Waals surface area contributed by atoms with Gasteiger partial charge in [-0.15, -0.1) is 22.7 Å². The van der Waals surface area contributed by atoms with E-state index in [2.05, 4.69) is 49.4 Å². The Balaban J connectivity index is 1.25. The fourth-order valence-corrected chi connectivity index (χ4v) is 4.68. The van der Waals surface area contributed by atoms with E-state index in [1.807, 2.05) is 17.6 Å². The van der Waals surface area contributed by atoms with Crippen molar-refractivity contribution in [3.8, 4) is 0 Å². The van der Waals surface area contributed by atoms with Crippen molar-refractivity contribution in [1.82, 2.24) is 14.9 Å². The van der Waals surface area contributed by atoms with Gasteiger partial charge in [-0.05, 0) is 12.0 Å². The number of hydrogen-bond acceptors (Lipinski definition) is 6. The monoisotopic (exact) mass is 412 g/mol. The molecule has 0 unspecified atom stereocenters. The van der Waals surface area contributed by atoms with Gasteiger partial charge in [0.2, 0.25) is 0 Å². The van der Waals surface area contributed by atoms with Gasteiger partial charge in [0, 0.05) is 49.6 Å². The third kappa shape index (κ3) is 4.88. The number of piperazine rings is 1. The standard InChI is InChI=1S/C20H24N6S2/c21-19(25-9-11-26(12-10-25)20-22-8-13-27-20)23-14-17-15-28-18(24-17)7-6-16-4-2-1-3-5-16/h1-5,8,13,15H,6-7,9-12,14H2,(H2,21,23). The zero-order valence-corrected chi connectivity index (χ0v) is 17.3. The van der Waals surface area contributed by atoms with Gasteiger partial charge in [-0.25, -0.2) is 15.0 Å². The number of aromatic nitrogens is 2. The lowest BCUT2D eigenvalue weighted by atomic mass is 10.1. The smallest absolute Gasteiger partial charge is 0.191 e. The average Bonchev–Trinajstić information content (AvgIpc) is 3.44. The molecular formula is C20H24N6S2. The van der Waals surface area contributed by atoms with Gasteiger partial charge in [-0.3, -0.25) is 0 Å². The minimum absolute atomic E-state index is 0.542. The van der Waals surface area contributed by atoms with Crippen LogP contribution in [0.1, 0.15) is 16.3 Å². The zero-order valence-electron chi connectivity index (χ0n) is 15.7. The fourth-order valence-electron chi connectivity index (χ4n) is 3.19. The largest absolute Gasteiger partial charge is 0.370 e. The Bertz CT molecular complexity index is 883. The molecule has 0 bridgehead atoms. The molecule has 2 N–H and O–H groups in total. The summed E-state index contributed by atoms with van der Waals surface area (Å²) in [6.45, 7) is 4.12. The molecule has 0 aliphatic carbocycles. The van der Waals surface area contributed by atoms with Crippen molar-refractivity contribution < 1.29 is 0 Å². The second kappa shape index (κ2) is 9.16. The van der Waals surface area contributed by atoms with Crippen molar-refractivity contribution in [2.45, 2.75) is 19.4 Å². The first-order valence-corrected chi connectivity index (χ1v) is 11.2. The lowest BCUT2D eigenvalue weighted by Crippen LogP contribution is -2.51. The van der Waals surface area contributed by atoms with Crippen LogP contribution < -0.4 is 10.6 Å². The van der Waals surface area contributed by atoms with Gasteiger partial charge in [0.25, 0.3) is 0 Å². The van der Waals surface area contributed by atoms with Crippen LogP contribution in [0.4, 0.5) is 5.13 Å². The number of benzene rings is 1. The van der Waals surface area contributed by atoms with E-state index < -0.39 is 0 Å². The Morgan fingerprint density at radius 1 is 1.07 bits per heavy atom. The van der Waals surface area contributed by atoms with E-state index in [-0.39, 0.29) is 0 Å². The molecule has 2 aromatic heterocycles. The van der Waals surface area contributed by atoms with Crippen LogP contribution in [0.15, 0.2) is 52.3 Å². The van der Waals surface area contributed by atoms with Gasteiger partial charge in [0.15, 0.2) is 11.1 Å². The van der Waals surface area contributed by atoms with E-state index in [1.165, 1.54) is 5.56 Å². The first kappa shape index (κ1) is 18.9. The second-order valence-electron chi connectivity index (χ2n) is 6.68. The summed E-state index contributed by atoms with van der Waals surface area (Å²) in [5.41, 5.74) is 8.57. The minimum Gasteiger partial charge on any atom is -0.370 e. The van der Waals surface area contributed by atoms with Gasteiger partial charge in [0.05, 0.1) is 17.2 Å². The van der Waals surface area contributed by atoms with Crippen LogP contribution in [-0.2, 0) is 19.4 Å². The number of aliphatic imine (C=N–C) groups is 1. The van der Waals surface area contributed by atoms with E-state index in [1.54, 1.807) is 22.7 Å². The quantitative estimate of drug-likeness (QED) is 0.498. The first-order valence-electron chi connectivity index (χ1n) is 9.44. The summed E-state index contributed by atoms with van der Waals surface area (Å²) < 4.78 is 0. The second-order valence-corrected chi connectivity index (χ2v) is 8.50. The molecular weight excluding hydrogens is 388 g/mol. The topological polar surface area (TPSA) is 70.6 Å². The molecule has 3 heterocycles. The van der Waals surface area contributed by atoms with Crippen molar-refractivity contribution in [2.24, 2.45) is 10.7 Å². The summed E-state index contributed by atoms with van der Waals surface area (Å²) in [5.74, 6) is 0.609. The van der Waals surface area contributed by atoms with Gasteiger partial charge in [-0.1, -0.05) is 30.3 Å². The van der Waals surface area contributed by atoms with Crippen LogP contribution in [0.5, 0.6) is 0 Å². The van der Waals surface area contributed by atoms with Crippen LogP contribution in [-0.4, -0.2) is 47.0 Å². The third-order valence-corrected chi connectivity index (χ3v) is 6.56. The summed E-state index contributed by atoms with van der Waals surface area (Å²) in [5, 5.41) is 6.35. The van der Waals surface area contributed by atoms with Crippen molar-refractivity contribution >= 4 is 33.8 Å². The summed E-state index contributed by atoms with van der Waals surface area (Å²) >= 11 is 3.39. The Hall–Kier alpha value is -2.45. The van der Waals surface area contributed by atoms with Crippen molar-refractivity contribution in [3.05, 3.63) is 63.6 Å². The highest BCUT2D eigenvalue weighted by atomic mass is 32.1. The summed E-state index contributed by atoms with van der Waals surface area (Å²) in [4.78, 5) is 18.1. The van der Waals surface area contributed by atoms with Crippen LogP contribution in [0, 0.1) is 0 Å². The number of hydrogen-bond donors (Lipinski definition) is 1. The molecule has 1 saturated heterocycles. The van der Waals surface area contributed by atoms with Crippen molar-refractivity contribution in [1.29, 1.82) is 0 Å². The molecule has 6 nitrogen and oxygen atoms in total. The maximum atomic E-state index is 6.22. The Morgan fingerprint density at radius 2 is 1.89 bits per heavy atom. The van der Waals surface area contributed by atoms with Crippen LogP contribution in [0.25, 0.3) is 0 Å². The van der Waals surface area contributed by atoms with Crippen LogP contribution in [0.2, 0.25) is 0 Å². The number of guanidine groups is 1. The summed E-state index contributed by atoms with van der Waals surface area (Å²) in [7, 11) is 0. The highest BCUT2D eigenvalue weighted by Crippen LogP contribution is 2.19. The molecule has 0 atom stereocenters. The number of thiazole rings is 2. The Morgan fingerprint density at radius 3 is 2.64 bits per heavy atom. The number of aryl methyl sites for hydroxylation is 2. The van der Waals surface area contributed by atoms with E-state index >= 15 is 0 Å². The van der Waals surface area contributed by atoms with Crippen LogP contribution >= 0.6 is 22.7 Å². The number of nitrogens with zero attached hydrogens (tertiary/aromatic N) is 5. The Labute approximate surface area is 173 Å². The predicted molar refractivity (Wildman–Crippen MR) is 117 cm³/mol. The molecule has 8 heteroatoms. The van der Waals surface area contributed by atoms with Crippen molar-refractivity contribution in [3.63, 3.8) is 0 Å².